The highest BCUT2D eigenvalue weighted by molar-refractivity contribution is 7.89. The lowest BCUT2D eigenvalue weighted by Gasteiger charge is -2.17. The first kappa shape index (κ1) is 15.3. The topological polar surface area (TPSA) is 66.5 Å². The molecule has 0 aromatic rings. The molecule has 4 atom stereocenters. The van der Waals surface area contributed by atoms with Gasteiger partial charge in [-0.2, -0.15) is 0 Å². The van der Waals surface area contributed by atoms with E-state index < -0.39 is 10.0 Å². The van der Waals surface area contributed by atoms with Crippen molar-refractivity contribution in [3.05, 3.63) is 0 Å². The Morgan fingerprint density at radius 3 is 2.48 bits per heavy atom. The van der Waals surface area contributed by atoms with Gasteiger partial charge in [0.1, 0.15) is 0 Å². The molecule has 1 unspecified atom stereocenters. The molecule has 1 heterocycles. The van der Waals surface area contributed by atoms with Gasteiger partial charge in [-0.3, -0.25) is 4.79 Å². The van der Waals surface area contributed by atoms with E-state index in [9.17, 15) is 13.2 Å². The van der Waals surface area contributed by atoms with Crippen molar-refractivity contribution in [1.29, 1.82) is 0 Å². The van der Waals surface area contributed by atoms with Gasteiger partial charge in [0.2, 0.25) is 15.9 Å². The fourth-order valence-electron chi connectivity index (χ4n) is 4.21. The zero-order valence-electron chi connectivity index (χ0n) is 12.8. The first-order valence-electron chi connectivity index (χ1n) is 8.30. The summed E-state index contributed by atoms with van der Waals surface area (Å²) in [5.41, 5.74) is 0. The number of nitrogens with one attached hydrogen (secondary N) is 1. The summed E-state index contributed by atoms with van der Waals surface area (Å²) in [6.45, 7) is 3.12. The molecule has 21 heavy (non-hydrogen) atoms. The minimum absolute atomic E-state index is 0.0914. The number of fused-ring (bicyclic) bond motifs is 1. The lowest BCUT2D eigenvalue weighted by Crippen LogP contribution is -2.39. The number of sulfonamides is 1. The molecule has 2 saturated carbocycles. The molecule has 6 heteroatoms. The van der Waals surface area contributed by atoms with Gasteiger partial charge in [-0.15, -0.1) is 0 Å². The van der Waals surface area contributed by atoms with E-state index >= 15 is 0 Å². The maximum absolute atomic E-state index is 12.6. The van der Waals surface area contributed by atoms with Crippen LogP contribution in [-0.2, 0) is 14.8 Å². The standard InChI is InChI=1S/C15H26N2O3S/c1-2-9-21(19,20)16-11-7-8-17(10-11)15(18)14-12-5-3-4-6-13(12)14/h11-14,16H,2-10H2,1H3/t11-,12-,13+,14?/m1/s1. The van der Waals surface area contributed by atoms with Gasteiger partial charge in [0.15, 0.2) is 0 Å². The third-order valence-electron chi connectivity index (χ3n) is 5.26. The molecule has 1 N–H and O–H groups in total. The molecule has 0 bridgehead atoms. The van der Waals surface area contributed by atoms with Crippen LogP contribution in [0.25, 0.3) is 0 Å². The van der Waals surface area contributed by atoms with Gasteiger partial charge in [-0.25, -0.2) is 13.1 Å². The first-order chi connectivity index (χ1) is 10.0. The second-order valence-corrected chi connectivity index (χ2v) is 8.72. The Hall–Kier alpha value is -0.620. The number of hydrogen-bond acceptors (Lipinski definition) is 3. The van der Waals surface area contributed by atoms with Crippen LogP contribution >= 0.6 is 0 Å². The maximum atomic E-state index is 12.6. The molecule has 0 spiro atoms. The van der Waals surface area contributed by atoms with Crippen LogP contribution in [0, 0.1) is 17.8 Å². The molecule has 0 aromatic heterocycles. The zero-order valence-corrected chi connectivity index (χ0v) is 13.6. The van der Waals surface area contributed by atoms with Gasteiger partial charge in [-0.1, -0.05) is 19.8 Å². The van der Waals surface area contributed by atoms with E-state index in [-0.39, 0.29) is 23.6 Å². The molecule has 3 fully saturated rings. The molecule has 120 valence electrons. The Morgan fingerprint density at radius 1 is 1.19 bits per heavy atom. The third-order valence-corrected chi connectivity index (χ3v) is 6.90. The van der Waals surface area contributed by atoms with Crippen molar-refractivity contribution in [3.8, 4) is 0 Å². The Morgan fingerprint density at radius 2 is 1.86 bits per heavy atom. The summed E-state index contributed by atoms with van der Waals surface area (Å²) in [5.74, 6) is 1.95. The SMILES string of the molecule is CCCS(=O)(=O)N[C@@H]1CCN(C(=O)C2[C@H]3CCCC[C@@H]23)C1. The number of amides is 1. The third kappa shape index (κ3) is 3.26. The predicted octanol–water partition coefficient (Wildman–Crippen LogP) is 1.35. The summed E-state index contributed by atoms with van der Waals surface area (Å²) in [4.78, 5) is 14.5. The molecule has 3 rings (SSSR count). The maximum Gasteiger partial charge on any atom is 0.226 e. The van der Waals surface area contributed by atoms with Gasteiger partial charge >= 0.3 is 0 Å². The summed E-state index contributed by atoms with van der Waals surface area (Å²) < 4.78 is 26.3. The van der Waals surface area contributed by atoms with Gasteiger partial charge < -0.3 is 4.90 Å². The zero-order chi connectivity index (χ0) is 15.0. The molecule has 1 amide bonds. The molecule has 0 radical (unpaired) electrons. The molecule has 5 nitrogen and oxygen atoms in total. The van der Waals surface area contributed by atoms with Crippen molar-refractivity contribution >= 4 is 15.9 Å². The number of rotatable bonds is 5. The quantitative estimate of drug-likeness (QED) is 0.833. The summed E-state index contributed by atoms with van der Waals surface area (Å²) in [5, 5.41) is 0. The van der Waals surface area contributed by atoms with Crippen molar-refractivity contribution in [2.24, 2.45) is 17.8 Å². The fraction of sp³-hybridized carbons (Fsp3) is 0.933. The van der Waals surface area contributed by atoms with E-state index in [1.165, 1.54) is 25.7 Å². The van der Waals surface area contributed by atoms with Gasteiger partial charge in [0.05, 0.1) is 5.75 Å². The molecule has 2 aliphatic carbocycles. The van der Waals surface area contributed by atoms with Crippen LogP contribution in [0.2, 0.25) is 0 Å². The lowest BCUT2D eigenvalue weighted by molar-refractivity contribution is -0.132. The summed E-state index contributed by atoms with van der Waals surface area (Å²) in [6, 6.07) is -0.0914. The highest BCUT2D eigenvalue weighted by Gasteiger charge is 2.56. The Balaban J connectivity index is 1.52. The van der Waals surface area contributed by atoms with Gasteiger partial charge in [-0.05, 0) is 37.5 Å². The van der Waals surface area contributed by atoms with Crippen molar-refractivity contribution < 1.29 is 13.2 Å². The molecule has 1 saturated heterocycles. The van der Waals surface area contributed by atoms with Crippen LogP contribution in [0.1, 0.15) is 45.4 Å². The minimum Gasteiger partial charge on any atom is -0.341 e. The molecule has 0 aromatic carbocycles. The number of carbonyl (C=O) groups excluding carboxylic acids is 1. The largest absolute Gasteiger partial charge is 0.341 e. The average Bonchev–Trinajstić information content (AvgIpc) is 2.99. The van der Waals surface area contributed by atoms with Crippen molar-refractivity contribution in [2.75, 3.05) is 18.8 Å². The van der Waals surface area contributed by atoms with E-state index in [0.717, 1.165) is 6.42 Å². The normalized spacial score (nSPS) is 35.6. The van der Waals surface area contributed by atoms with E-state index in [0.29, 0.717) is 31.3 Å². The van der Waals surface area contributed by atoms with Crippen LogP contribution in [-0.4, -0.2) is 44.1 Å². The monoisotopic (exact) mass is 314 g/mol. The minimum atomic E-state index is -3.18. The Kier molecular flexibility index (Phi) is 4.28. The highest BCUT2D eigenvalue weighted by Crippen LogP contribution is 2.56. The van der Waals surface area contributed by atoms with E-state index in [2.05, 4.69) is 4.72 Å². The summed E-state index contributed by atoms with van der Waals surface area (Å²) >= 11 is 0. The van der Waals surface area contributed by atoms with Crippen LogP contribution in [0.5, 0.6) is 0 Å². The molecule has 1 aliphatic heterocycles. The summed E-state index contributed by atoms with van der Waals surface area (Å²) in [7, 11) is -3.18. The number of nitrogens with zero attached hydrogens (tertiary/aromatic N) is 1. The van der Waals surface area contributed by atoms with E-state index in [4.69, 9.17) is 0 Å². The fourth-order valence-corrected chi connectivity index (χ4v) is 5.56. The number of carbonyl (C=O) groups is 1. The second kappa shape index (κ2) is 5.88. The Labute approximate surface area is 127 Å². The van der Waals surface area contributed by atoms with Gasteiger partial charge in [0.25, 0.3) is 0 Å². The molecule has 3 aliphatic rings. The van der Waals surface area contributed by atoms with Crippen LogP contribution < -0.4 is 4.72 Å². The van der Waals surface area contributed by atoms with E-state index in [1.807, 2.05) is 11.8 Å². The smallest absolute Gasteiger partial charge is 0.226 e. The summed E-state index contributed by atoms with van der Waals surface area (Å²) in [6.07, 6.45) is 6.32. The van der Waals surface area contributed by atoms with Crippen molar-refractivity contribution in [2.45, 2.75) is 51.5 Å². The van der Waals surface area contributed by atoms with Crippen molar-refractivity contribution in [3.63, 3.8) is 0 Å². The predicted molar refractivity (Wildman–Crippen MR) is 81.1 cm³/mol. The highest BCUT2D eigenvalue weighted by atomic mass is 32.2. The van der Waals surface area contributed by atoms with Crippen LogP contribution in [0.15, 0.2) is 0 Å². The second-order valence-electron chi connectivity index (χ2n) is 6.84. The van der Waals surface area contributed by atoms with E-state index in [1.54, 1.807) is 0 Å². The first-order valence-corrected chi connectivity index (χ1v) is 9.96. The van der Waals surface area contributed by atoms with Gasteiger partial charge in [0, 0.05) is 25.0 Å². The molecular formula is C15H26N2O3S. The molecular weight excluding hydrogens is 288 g/mol. The Bertz CT molecular complexity index is 493. The average molecular weight is 314 g/mol. The van der Waals surface area contributed by atoms with Crippen molar-refractivity contribution in [1.82, 2.24) is 9.62 Å². The van der Waals surface area contributed by atoms with Crippen LogP contribution in [0.3, 0.4) is 0 Å². The van der Waals surface area contributed by atoms with Crippen LogP contribution in [0.4, 0.5) is 0 Å². The number of hydrogen-bond donors (Lipinski definition) is 1. The lowest BCUT2D eigenvalue weighted by atomic mass is 10.0. The number of likely N-dealkylation sites (tertiary alicyclic amines) is 1.